The Morgan fingerprint density at radius 1 is 0.947 bits per heavy atom. The predicted octanol–water partition coefficient (Wildman–Crippen LogP) is 5.55. The molecule has 5 heteroatoms. The van der Waals surface area contributed by atoms with Crippen molar-refractivity contribution in [2.75, 3.05) is 0 Å². The Morgan fingerprint density at radius 3 is 2.32 bits per heavy atom. The lowest BCUT2D eigenvalue weighted by Crippen LogP contribution is -1.98. The molecular formula is C14H9Br2F3. The van der Waals surface area contributed by atoms with E-state index in [2.05, 4.69) is 31.9 Å². The number of rotatable bonds is 3. The van der Waals surface area contributed by atoms with E-state index in [1.165, 1.54) is 24.3 Å². The highest BCUT2D eigenvalue weighted by molar-refractivity contribution is 9.11. The van der Waals surface area contributed by atoms with Crippen molar-refractivity contribution >= 4 is 31.9 Å². The van der Waals surface area contributed by atoms with Gasteiger partial charge in [0.1, 0.15) is 5.82 Å². The van der Waals surface area contributed by atoms with Crippen LogP contribution in [0.1, 0.15) is 16.0 Å². The number of benzene rings is 2. The van der Waals surface area contributed by atoms with Gasteiger partial charge >= 0.3 is 0 Å². The first-order valence-electron chi connectivity index (χ1n) is 5.50. The average molecular weight is 394 g/mol. The van der Waals surface area contributed by atoms with Crippen molar-refractivity contribution in [2.45, 2.75) is 11.2 Å². The van der Waals surface area contributed by atoms with Crippen molar-refractivity contribution in [1.82, 2.24) is 0 Å². The normalized spacial score (nSPS) is 12.5. The molecule has 1 atom stereocenters. The molecule has 0 aliphatic rings. The van der Waals surface area contributed by atoms with E-state index in [1.807, 2.05) is 0 Å². The van der Waals surface area contributed by atoms with Gasteiger partial charge in [-0.3, -0.25) is 0 Å². The summed E-state index contributed by atoms with van der Waals surface area (Å²) in [5, 5.41) is 0. The molecule has 0 aliphatic heterocycles. The molecule has 100 valence electrons. The molecule has 0 amide bonds. The van der Waals surface area contributed by atoms with Crippen molar-refractivity contribution < 1.29 is 13.2 Å². The zero-order valence-corrected chi connectivity index (χ0v) is 12.8. The monoisotopic (exact) mass is 392 g/mol. The van der Waals surface area contributed by atoms with Gasteiger partial charge in [0, 0.05) is 9.30 Å². The summed E-state index contributed by atoms with van der Waals surface area (Å²) < 4.78 is 39.6. The SMILES string of the molecule is Fc1ccc(C(Br)Cc2ccc(F)c(F)c2)c(Br)c1. The van der Waals surface area contributed by atoms with Gasteiger partial charge in [0.2, 0.25) is 0 Å². The van der Waals surface area contributed by atoms with Gasteiger partial charge < -0.3 is 0 Å². The van der Waals surface area contributed by atoms with E-state index in [-0.39, 0.29) is 10.6 Å². The lowest BCUT2D eigenvalue weighted by atomic mass is 10.0. The minimum Gasteiger partial charge on any atom is -0.207 e. The zero-order chi connectivity index (χ0) is 14.0. The van der Waals surface area contributed by atoms with Gasteiger partial charge in [0.15, 0.2) is 11.6 Å². The first kappa shape index (κ1) is 14.6. The summed E-state index contributed by atoms with van der Waals surface area (Å²) in [6.07, 6.45) is 0.474. The minimum atomic E-state index is -0.865. The molecule has 19 heavy (non-hydrogen) atoms. The fourth-order valence-corrected chi connectivity index (χ4v) is 3.45. The molecule has 2 rings (SSSR count). The summed E-state index contributed by atoms with van der Waals surface area (Å²) in [5.41, 5.74) is 1.52. The number of hydrogen-bond acceptors (Lipinski definition) is 0. The number of halogens is 5. The van der Waals surface area contributed by atoms with Crippen molar-refractivity contribution in [2.24, 2.45) is 0 Å². The predicted molar refractivity (Wildman–Crippen MR) is 75.8 cm³/mol. The molecule has 0 saturated carbocycles. The molecule has 0 aromatic heterocycles. The van der Waals surface area contributed by atoms with Crippen LogP contribution in [-0.2, 0) is 6.42 Å². The van der Waals surface area contributed by atoms with Crippen LogP contribution in [0.25, 0.3) is 0 Å². The molecule has 0 radical (unpaired) electrons. The highest BCUT2D eigenvalue weighted by Crippen LogP contribution is 2.33. The van der Waals surface area contributed by atoms with Crippen LogP contribution < -0.4 is 0 Å². The van der Waals surface area contributed by atoms with Crippen LogP contribution in [0, 0.1) is 17.5 Å². The highest BCUT2D eigenvalue weighted by atomic mass is 79.9. The van der Waals surface area contributed by atoms with Crippen LogP contribution in [0.5, 0.6) is 0 Å². The van der Waals surface area contributed by atoms with E-state index in [1.54, 1.807) is 6.07 Å². The summed E-state index contributed by atoms with van der Waals surface area (Å²) in [5.74, 6) is -2.06. The average Bonchev–Trinajstić information content (AvgIpc) is 2.33. The maximum absolute atomic E-state index is 13.1. The molecule has 0 saturated heterocycles. The molecule has 0 N–H and O–H groups in total. The van der Waals surface area contributed by atoms with Gasteiger partial charge in [0.25, 0.3) is 0 Å². The minimum absolute atomic E-state index is 0.118. The number of alkyl halides is 1. The van der Waals surface area contributed by atoms with E-state index in [0.717, 1.165) is 11.6 Å². The molecule has 1 unspecified atom stereocenters. The molecular weight excluding hydrogens is 385 g/mol. The summed E-state index contributed by atoms with van der Waals surface area (Å²) in [6, 6.07) is 8.18. The molecule has 0 spiro atoms. The summed E-state index contributed by atoms with van der Waals surface area (Å²) >= 11 is 6.76. The highest BCUT2D eigenvalue weighted by Gasteiger charge is 2.13. The first-order chi connectivity index (χ1) is 8.97. The fourth-order valence-electron chi connectivity index (χ4n) is 1.74. The van der Waals surface area contributed by atoms with Crippen LogP contribution in [0.4, 0.5) is 13.2 Å². The largest absolute Gasteiger partial charge is 0.207 e. The topological polar surface area (TPSA) is 0 Å². The summed E-state index contributed by atoms with van der Waals surface area (Å²) in [6.45, 7) is 0. The smallest absolute Gasteiger partial charge is 0.159 e. The molecule has 2 aromatic rings. The van der Waals surface area contributed by atoms with Crippen molar-refractivity contribution in [3.05, 3.63) is 69.4 Å². The van der Waals surface area contributed by atoms with E-state index < -0.39 is 11.6 Å². The van der Waals surface area contributed by atoms with Crippen LogP contribution >= 0.6 is 31.9 Å². The lowest BCUT2D eigenvalue weighted by molar-refractivity contribution is 0.507. The standard InChI is InChI=1S/C14H9Br2F3/c15-11(10-3-2-9(17)7-12(10)16)5-8-1-4-13(18)14(19)6-8/h1-4,6-7,11H,5H2. The molecule has 0 fully saturated rings. The summed E-state index contributed by atoms with van der Waals surface area (Å²) in [7, 11) is 0. The second-order valence-corrected chi connectivity index (χ2v) is 6.05. The van der Waals surface area contributed by atoms with Gasteiger partial charge in [-0.25, -0.2) is 13.2 Å². The third-order valence-corrected chi connectivity index (χ3v) is 4.20. The molecule has 0 bridgehead atoms. The Morgan fingerprint density at radius 2 is 1.68 bits per heavy atom. The van der Waals surface area contributed by atoms with Gasteiger partial charge in [-0.15, -0.1) is 0 Å². The maximum Gasteiger partial charge on any atom is 0.159 e. The second kappa shape index (κ2) is 6.09. The third kappa shape index (κ3) is 3.60. The van der Waals surface area contributed by atoms with Crippen LogP contribution in [-0.4, -0.2) is 0 Å². The van der Waals surface area contributed by atoms with Crippen LogP contribution in [0.2, 0.25) is 0 Å². The lowest BCUT2D eigenvalue weighted by Gasteiger charge is -2.12. The molecule has 2 aromatic carbocycles. The second-order valence-electron chi connectivity index (χ2n) is 4.09. The van der Waals surface area contributed by atoms with Gasteiger partial charge in [-0.05, 0) is 41.8 Å². The van der Waals surface area contributed by atoms with Gasteiger partial charge in [0.05, 0.1) is 0 Å². The Balaban J connectivity index is 2.20. The van der Waals surface area contributed by atoms with E-state index >= 15 is 0 Å². The Kier molecular flexibility index (Phi) is 4.68. The van der Waals surface area contributed by atoms with Crippen LogP contribution in [0.3, 0.4) is 0 Å². The Bertz CT molecular complexity index is 599. The van der Waals surface area contributed by atoms with Crippen molar-refractivity contribution in [3.8, 4) is 0 Å². The van der Waals surface area contributed by atoms with Crippen LogP contribution in [0.15, 0.2) is 40.9 Å². The zero-order valence-electron chi connectivity index (χ0n) is 9.64. The van der Waals surface area contributed by atoms with Gasteiger partial charge in [-0.2, -0.15) is 0 Å². The Labute approximate surface area is 125 Å². The van der Waals surface area contributed by atoms with Crippen molar-refractivity contribution in [3.63, 3.8) is 0 Å². The molecule has 0 nitrogen and oxygen atoms in total. The molecule has 0 aliphatic carbocycles. The van der Waals surface area contributed by atoms with Crippen molar-refractivity contribution in [1.29, 1.82) is 0 Å². The third-order valence-electron chi connectivity index (χ3n) is 2.70. The molecule has 0 heterocycles. The quantitative estimate of drug-likeness (QED) is 0.600. The first-order valence-corrected chi connectivity index (χ1v) is 7.21. The van der Waals surface area contributed by atoms with Gasteiger partial charge in [-0.1, -0.05) is 44.0 Å². The maximum atomic E-state index is 13.1. The van der Waals surface area contributed by atoms with E-state index in [0.29, 0.717) is 16.5 Å². The summed E-state index contributed by atoms with van der Waals surface area (Å²) in [4.78, 5) is -0.118. The van der Waals surface area contributed by atoms with E-state index in [4.69, 9.17) is 0 Å². The van der Waals surface area contributed by atoms with E-state index in [9.17, 15) is 13.2 Å². The number of hydrogen-bond donors (Lipinski definition) is 0. The Hall–Kier alpha value is -0.810. The fraction of sp³-hybridized carbons (Fsp3) is 0.143.